The third-order valence-electron chi connectivity index (χ3n) is 4.95. The van der Waals surface area contributed by atoms with Crippen molar-refractivity contribution in [1.82, 2.24) is 5.32 Å². The Kier molecular flexibility index (Phi) is 3.54. The summed E-state index contributed by atoms with van der Waals surface area (Å²) in [6.07, 6.45) is 6.12. The van der Waals surface area contributed by atoms with Crippen molar-refractivity contribution in [2.75, 3.05) is 0 Å². The molecule has 2 heterocycles. The lowest BCUT2D eigenvalue weighted by Crippen LogP contribution is -2.58. The topological polar surface area (TPSA) is 58.3 Å². The zero-order chi connectivity index (χ0) is 12.7. The highest BCUT2D eigenvalue weighted by atomic mass is 16.3. The van der Waals surface area contributed by atoms with Crippen LogP contribution in [0.2, 0.25) is 0 Å². The average Bonchev–Trinajstić information content (AvgIpc) is 2.58. The summed E-state index contributed by atoms with van der Waals surface area (Å²) in [4.78, 5) is 0. The van der Waals surface area contributed by atoms with E-state index in [4.69, 9.17) is 5.73 Å². The number of hydrogen-bond acceptors (Lipinski definition) is 3. The second-order valence-corrected chi connectivity index (χ2v) is 6.98. The molecule has 2 fully saturated rings. The fourth-order valence-electron chi connectivity index (χ4n) is 3.39. The van der Waals surface area contributed by atoms with Gasteiger partial charge in [0.05, 0.1) is 5.60 Å². The minimum absolute atomic E-state index is 0.0809. The lowest BCUT2D eigenvalue weighted by molar-refractivity contribution is -0.0392. The molecule has 0 saturated carbocycles. The maximum Gasteiger partial charge on any atom is 0.0827 e. The first-order chi connectivity index (χ1) is 7.85. The third kappa shape index (κ3) is 2.83. The number of aliphatic hydroxyl groups is 1. The van der Waals surface area contributed by atoms with Crippen molar-refractivity contribution in [3.05, 3.63) is 0 Å². The smallest absolute Gasteiger partial charge is 0.0827 e. The van der Waals surface area contributed by atoms with Crippen molar-refractivity contribution in [3.8, 4) is 0 Å². The van der Waals surface area contributed by atoms with Crippen LogP contribution in [0.25, 0.3) is 0 Å². The molecular weight excluding hydrogens is 212 g/mol. The Morgan fingerprint density at radius 3 is 2.35 bits per heavy atom. The maximum absolute atomic E-state index is 10.8. The molecule has 0 spiro atoms. The highest BCUT2D eigenvalue weighted by molar-refractivity contribution is 5.05. The van der Waals surface area contributed by atoms with E-state index in [9.17, 15) is 5.11 Å². The summed E-state index contributed by atoms with van der Waals surface area (Å²) in [5.74, 6) is 0. The molecule has 0 aromatic carbocycles. The summed E-state index contributed by atoms with van der Waals surface area (Å²) >= 11 is 0. The van der Waals surface area contributed by atoms with Gasteiger partial charge in [-0.2, -0.15) is 0 Å². The van der Waals surface area contributed by atoms with Gasteiger partial charge >= 0.3 is 0 Å². The molecule has 3 heteroatoms. The average molecular weight is 240 g/mol. The largest absolute Gasteiger partial charge is 0.388 e. The molecular formula is C14H28N2O. The summed E-state index contributed by atoms with van der Waals surface area (Å²) in [7, 11) is 0. The normalized spacial score (nSPS) is 39.4. The molecule has 2 aliphatic rings. The summed E-state index contributed by atoms with van der Waals surface area (Å²) in [5, 5.41) is 14.4. The van der Waals surface area contributed by atoms with Crippen LogP contribution in [0.1, 0.15) is 59.3 Å². The van der Waals surface area contributed by atoms with Gasteiger partial charge in [-0.3, -0.25) is 0 Å². The Bertz CT molecular complexity index is 265. The van der Waals surface area contributed by atoms with Gasteiger partial charge in [0.25, 0.3) is 0 Å². The van der Waals surface area contributed by atoms with Gasteiger partial charge in [0, 0.05) is 18.1 Å². The molecule has 0 radical (unpaired) electrons. The zero-order valence-corrected chi connectivity index (χ0v) is 11.5. The fraction of sp³-hybridized carbons (Fsp3) is 1.00. The quantitative estimate of drug-likeness (QED) is 0.702. The lowest BCUT2D eigenvalue weighted by Gasteiger charge is -2.43. The first-order valence-electron chi connectivity index (χ1n) is 7.09. The third-order valence-corrected chi connectivity index (χ3v) is 4.95. The van der Waals surface area contributed by atoms with Gasteiger partial charge < -0.3 is 16.2 Å². The Labute approximate surface area is 105 Å². The van der Waals surface area contributed by atoms with E-state index in [0.717, 1.165) is 25.7 Å². The van der Waals surface area contributed by atoms with Crippen LogP contribution < -0.4 is 11.1 Å². The second kappa shape index (κ2) is 4.52. The number of nitrogens with one attached hydrogen (secondary N) is 1. The predicted octanol–water partition coefficient (Wildman–Crippen LogP) is 1.79. The molecule has 4 N–H and O–H groups in total. The minimum atomic E-state index is -0.635. The number of hydrogen-bond donors (Lipinski definition) is 3. The number of rotatable bonds is 4. The monoisotopic (exact) mass is 240 g/mol. The molecule has 0 aliphatic carbocycles. The van der Waals surface area contributed by atoms with Crippen molar-refractivity contribution in [2.45, 2.75) is 83.0 Å². The highest BCUT2D eigenvalue weighted by Crippen LogP contribution is 2.39. The van der Waals surface area contributed by atoms with Crippen LogP contribution in [0.4, 0.5) is 0 Å². The molecule has 2 saturated heterocycles. The van der Waals surface area contributed by atoms with Gasteiger partial charge in [0.2, 0.25) is 0 Å². The van der Waals surface area contributed by atoms with Gasteiger partial charge in [-0.15, -0.1) is 0 Å². The van der Waals surface area contributed by atoms with Gasteiger partial charge in [0.15, 0.2) is 0 Å². The molecule has 100 valence electrons. The van der Waals surface area contributed by atoms with Crippen LogP contribution >= 0.6 is 0 Å². The van der Waals surface area contributed by atoms with Gasteiger partial charge in [-0.05, 0) is 37.5 Å². The number of piperidine rings is 1. The Balaban J connectivity index is 2.00. The standard InChI is InChI=1S/C14H28N2O/c1-4-13(2,3)9-12(15)14(17)7-10-5-6-11(8-14)16-10/h10-12,16-17H,4-9,15H2,1-3H3. The van der Waals surface area contributed by atoms with E-state index in [1.54, 1.807) is 0 Å². The van der Waals surface area contributed by atoms with Crippen molar-refractivity contribution in [2.24, 2.45) is 11.1 Å². The minimum Gasteiger partial charge on any atom is -0.388 e. The molecule has 2 bridgehead atoms. The Hall–Kier alpha value is -0.120. The molecule has 0 aromatic heterocycles. The van der Waals surface area contributed by atoms with E-state index < -0.39 is 5.60 Å². The van der Waals surface area contributed by atoms with Crippen LogP contribution in [0.15, 0.2) is 0 Å². The molecule has 0 aromatic rings. The highest BCUT2D eigenvalue weighted by Gasteiger charge is 2.46. The van der Waals surface area contributed by atoms with Crippen LogP contribution in [-0.4, -0.2) is 28.8 Å². The summed E-state index contributed by atoms with van der Waals surface area (Å²) < 4.78 is 0. The molecule has 2 aliphatic heterocycles. The van der Waals surface area contributed by atoms with Gasteiger partial charge in [0.1, 0.15) is 0 Å². The molecule has 3 unspecified atom stereocenters. The summed E-state index contributed by atoms with van der Waals surface area (Å²) in [6.45, 7) is 6.68. The first-order valence-corrected chi connectivity index (χ1v) is 7.09. The van der Waals surface area contributed by atoms with Gasteiger partial charge in [-0.1, -0.05) is 27.2 Å². The van der Waals surface area contributed by atoms with E-state index in [0.29, 0.717) is 12.1 Å². The van der Waals surface area contributed by atoms with Gasteiger partial charge in [-0.25, -0.2) is 0 Å². The summed E-state index contributed by atoms with van der Waals surface area (Å²) in [6, 6.07) is 0.909. The van der Waals surface area contributed by atoms with E-state index in [2.05, 4.69) is 26.1 Å². The van der Waals surface area contributed by atoms with Crippen LogP contribution in [-0.2, 0) is 0 Å². The Morgan fingerprint density at radius 1 is 1.35 bits per heavy atom. The van der Waals surface area contributed by atoms with E-state index >= 15 is 0 Å². The van der Waals surface area contributed by atoms with Crippen molar-refractivity contribution in [1.29, 1.82) is 0 Å². The van der Waals surface area contributed by atoms with Crippen LogP contribution in [0.3, 0.4) is 0 Å². The van der Waals surface area contributed by atoms with Crippen molar-refractivity contribution < 1.29 is 5.11 Å². The number of nitrogens with two attached hydrogens (primary N) is 1. The van der Waals surface area contributed by atoms with Crippen LogP contribution in [0, 0.1) is 5.41 Å². The maximum atomic E-state index is 10.8. The van der Waals surface area contributed by atoms with Crippen LogP contribution in [0.5, 0.6) is 0 Å². The number of fused-ring (bicyclic) bond motifs is 2. The first kappa shape index (κ1) is 13.3. The Morgan fingerprint density at radius 2 is 1.88 bits per heavy atom. The molecule has 17 heavy (non-hydrogen) atoms. The van der Waals surface area contributed by atoms with Crippen molar-refractivity contribution in [3.63, 3.8) is 0 Å². The van der Waals surface area contributed by atoms with Crippen molar-refractivity contribution >= 4 is 0 Å². The second-order valence-electron chi connectivity index (χ2n) is 6.98. The van der Waals surface area contributed by atoms with E-state index in [1.807, 2.05) is 0 Å². The molecule has 0 amide bonds. The molecule has 2 rings (SSSR count). The predicted molar refractivity (Wildman–Crippen MR) is 70.8 cm³/mol. The molecule has 3 atom stereocenters. The SMILES string of the molecule is CCC(C)(C)CC(N)C1(O)CC2CCC(C1)N2. The molecule has 3 nitrogen and oxygen atoms in total. The van der Waals surface area contributed by atoms with E-state index in [1.165, 1.54) is 12.8 Å². The lowest BCUT2D eigenvalue weighted by atomic mass is 9.74. The fourth-order valence-corrected chi connectivity index (χ4v) is 3.39. The summed E-state index contributed by atoms with van der Waals surface area (Å²) in [5.41, 5.74) is 5.92. The van der Waals surface area contributed by atoms with E-state index in [-0.39, 0.29) is 11.5 Å². The zero-order valence-electron chi connectivity index (χ0n) is 11.5.